The lowest BCUT2D eigenvalue weighted by atomic mass is 10.2. The highest BCUT2D eigenvalue weighted by molar-refractivity contribution is 5.34. The van der Waals surface area contributed by atoms with Crippen molar-refractivity contribution < 1.29 is 18.6 Å². The molecule has 1 aromatic carbocycles. The molecule has 3 nitrogen and oxygen atoms in total. The zero-order valence-corrected chi connectivity index (χ0v) is 9.65. The summed E-state index contributed by atoms with van der Waals surface area (Å²) in [6, 6.07) is 4.73. The fourth-order valence-corrected chi connectivity index (χ4v) is 1.48. The summed E-state index contributed by atoms with van der Waals surface area (Å²) >= 11 is 0. The molecule has 0 radical (unpaired) electrons. The quantitative estimate of drug-likeness (QED) is 0.911. The van der Waals surface area contributed by atoms with Crippen molar-refractivity contribution in [3.8, 4) is 11.6 Å². The minimum Gasteiger partial charge on any atom is -0.436 e. The molecule has 0 unspecified atom stereocenters. The highest BCUT2D eigenvalue weighted by Gasteiger charge is 2.09. The molecule has 18 heavy (non-hydrogen) atoms. The number of hydrogen-bond donors (Lipinski definition) is 1. The molecule has 0 atom stereocenters. The van der Waals surface area contributed by atoms with Crippen molar-refractivity contribution >= 4 is 0 Å². The van der Waals surface area contributed by atoms with E-state index in [-0.39, 0.29) is 18.2 Å². The standard InChI is InChI=1S/C13H11F2NO2/c1-8-4-9(7-17)6-16-13(8)18-12-3-2-10(14)5-11(12)15/h2-6,17H,7H2,1H3. The monoisotopic (exact) mass is 251 g/mol. The molecule has 5 heteroatoms. The molecule has 1 N–H and O–H groups in total. The Morgan fingerprint density at radius 1 is 1.28 bits per heavy atom. The number of nitrogens with zero attached hydrogens (tertiary/aromatic N) is 1. The van der Waals surface area contributed by atoms with Crippen LogP contribution < -0.4 is 4.74 Å². The molecule has 94 valence electrons. The average Bonchev–Trinajstić information content (AvgIpc) is 2.34. The molecule has 0 saturated heterocycles. The van der Waals surface area contributed by atoms with Gasteiger partial charge >= 0.3 is 0 Å². The van der Waals surface area contributed by atoms with Crippen LogP contribution in [0.4, 0.5) is 8.78 Å². The third kappa shape index (κ3) is 2.62. The lowest BCUT2D eigenvalue weighted by Gasteiger charge is -2.09. The van der Waals surface area contributed by atoms with E-state index in [9.17, 15) is 8.78 Å². The number of benzene rings is 1. The minimum atomic E-state index is -0.789. The Bertz CT molecular complexity index is 573. The molecule has 0 aliphatic carbocycles. The first kappa shape index (κ1) is 12.4. The molecule has 0 fully saturated rings. The number of aromatic nitrogens is 1. The smallest absolute Gasteiger partial charge is 0.222 e. The van der Waals surface area contributed by atoms with Crippen LogP contribution >= 0.6 is 0 Å². The van der Waals surface area contributed by atoms with Crippen molar-refractivity contribution in [3.05, 3.63) is 53.2 Å². The summed E-state index contributed by atoms with van der Waals surface area (Å²) in [6.07, 6.45) is 1.43. The van der Waals surface area contributed by atoms with Crippen LogP contribution in [0.3, 0.4) is 0 Å². The zero-order valence-electron chi connectivity index (χ0n) is 9.65. The van der Waals surface area contributed by atoms with Gasteiger partial charge in [0.15, 0.2) is 11.6 Å². The number of ether oxygens (including phenoxy) is 1. The van der Waals surface area contributed by atoms with Gasteiger partial charge in [0.05, 0.1) is 6.61 Å². The van der Waals surface area contributed by atoms with Crippen molar-refractivity contribution in [1.29, 1.82) is 0 Å². The summed E-state index contributed by atoms with van der Waals surface area (Å²) in [5.41, 5.74) is 1.30. The highest BCUT2D eigenvalue weighted by Crippen LogP contribution is 2.26. The van der Waals surface area contributed by atoms with E-state index in [1.54, 1.807) is 13.0 Å². The summed E-state index contributed by atoms with van der Waals surface area (Å²) in [5, 5.41) is 8.93. The first-order chi connectivity index (χ1) is 8.60. The van der Waals surface area contributed by atoms with E-state index in [0.717, 1.165) is 12.1 Å². The van der Waals surface area contributed by atoms with Gasteiger partial charge in [-0.1, -0.05) is 0 Å². The lowest BCUT2D eigenvalue weighted by molar-refractivity contribution is 0.281. The van der Waals surface area contributed by atoms with Gasteiger partial charge < -0.3 is 9.84 Å². The Hall–Kier alpha value is -2.01. The number of hydrogen-bond acceptors (Lipinski definition) is 3. The van der Waals surface area contributed by atoms with Crippen molar-refractivity contribution in [2.75, 3.05) is 0 Å². The van der Waals surface area contributed by atoms with E-state index in [1.807, 2.05) is 0 Å². The molecule has 1 heterocycles. The number of aliphatic hydroxyl groups is 1. The van der Waals surface area contributed by atoms with Crippen LogP contribution in [0.2, 0.25) is 0 Å². The Morgan fingerprint density at radius 2 is 2.06 bits per heavy atom. The predicted molar refractivity (Wildman–Crippen MR) is 61.3 cm³/mol. The van der Waals surface area contributed by atoms with E-state index in [2.05, 4.69) is 4.98 Å². The molecule has 1 aromatic heterocycles. The zero-order chi connectivity index (χ0) is 13.1. The average molecular weight is 251 g/mol. The fourth-order valence-electron chi connectivity index (χ4n) is 1.48. The van der Waals surface area contributed by atoms with Crippen LogP contribution in [0.25, 0.3) is 0 Å². The summed E-state index contributed by atoms with van der Waals surface area (Å²) in [6.45, 7) is 1.60. The largest absolute Gasteiger partial charge is 0.436 e. The lowest BCUT2D eigenvalue weighted by Crippen LogP contribution is -1.96. The highest BCUT2D eigenvalue weighted by atomic mass is 19.1. The van der Waals surface area contributed by atoms with E-state index in [4.69, 9.17) is 9.84 Å². The van der Waals surface area contributed by atoms with Gasteiger partial charge in [-0.15, -0.1) is 0 Å². The van der Waals surface area contributed by atoms with Crippen LogP contribution in [-0.2, 0) is 6.61 Å². The third-order valence-electron chi connectivity index (χ3n) is 2.37. The van der Waals surface area contributed by atoms with Crippen LogP contribution in [0.15, 0.2) is 30.5 Å². The topological polar surface area (TPSA) is 42.4 Å². The van der Waals surface area contributed by atoms with Gasteiger partial charge in [-0.25, -0.2) is 13.8 Å². The number of aryl methyl sites for hydroxylation is 1. The molecule has 0 saturated carbocycles. The normalized spacial score (nSPS) is 10.4. The summed E-state index contributed by atoms with van der Waals surface area (Å²) in [4.78, 5) is 3.97. The molecule has 2 aromatic rings. The van der Waals surface area contributed by atoms with E-state index >= 15 is 0 Å². The molecule has 0 amide bonds. The second-order valence-corrected chi connectivity index (χ2v) is 3.80. The van der Waals surface area contributed by atoms with Crippen molar-refractivity contribution in [3.63, 3.8) is 0 Å². The van der Waals surface area contributed by atoms with Crippen LogP contribution in [0, 0.1) is 18.6 Å². The van der Waals surface area contributed by atoms with E-state index in [1.165, 1.54) is 12.3 Å². The number of rotatable bonds is 3. The molecule has 0 spiro atoms. The maximum Gasteiger partial charge on any atom is 0.222 e. The molecule has 0 bridgehead atoms. The van der Waals surface area contributed by atoms with Crippen LogP contribution in [-0.4, -0.2) is 10.1 Å². The second kappa shape index (κ2) is 5.10. The van der Waals surface area contributed by atoms with Crippen LogP contribution in [0.5, 0.6) is 11.6 Å². The maximum atomic E-state index is 13.4. The van der Waals surface area contributed by atoms with Gasteiger partial charge in [0.25, 0.3) is 0 Å². The molecular weight excluding hydrogens is 240 g/mol. The predicted octanol–water partition coefficient (Wildman–Crippen LogP) is 2.95. The van der Waals surface area contributed by atoms with E-state index < -0.39 is 11.6 Å². The van der Waals surface area contributed by atoms with Gasteiger partial charge in [0, 0.05) is 17.8 Å². The number of halogens is 2. The van der Waals surface area contributed by atoms with Crippen molar-refractivity contribution in [1.82, 2.24) is 4.98 Å². The SMILES string of the molecule is Cc1cc(CO)cnc1Oc1ccc(F)cc1F. The Balaban J connectivity index is 2.28. The second-order valence-electron chi connectivity index (χ2n) is 3.80. The molecule has 0 aliphatic heterocycles. The number of aliphatic hydroxyl groups excluding tert-OH is 1. The fraction of sp³-hybridized carbons (Fsp3) is 0.154. The first-order valence-corrected chi connectivity index (χ1v) is 5.29. The minimum absolute atomic E-state index is 0.0938. The number of pyridine rings is 1. The Kier molecular flexibility index (Phi) is 3.53. The molecule has 0 aliphatic rings. The van der Waals surface area contributed by atoms with Gasteiger partial charge in [-0.3, -0.25) is 0 Å². The third-order valence-corrected chi connectivity index (χ3v) is 2.37. The Morgan fingerprint density at radius 3 is 2.67 bits per heavy atom. The summed E-state index contributed by atoms with van der Waals surface area (Å²) in [5.74, 6) is -1.33. The van der Waals surface area contributed by atoms with E-state index in [0.29, 0.717) is 11.1 Å². The maximum absolute atomic E-state index is 13.4. The molecular formula is C13H11F2NO2. The summed E-state index contributed by atoms with van der Waals surface area (Å²) in [7, 11) is 0. The first-order valence-electron chi connectivity index (χ1n) is 5.29. The van der Waals surface area contributed by atoms with Crippen molar-refractivity contribution in [2.24, 2.45) is 0 Å². The summed E-state index contributed by atoms with van der Waals surface area (Å²) < 4.78 is 31.4. The van der Waals surface area contributed by atoms with Crippen LogP contribution in [0.1, 0.15) is 11.1 Å². The van der Waals surface area contributed by atoms with Gasteiger partial charge in [-0.05, 0) is 30.7 Å². The van der Waals surface area contributed by atoms with Gasteiger partial charge in [0.2, 0.25) is 5.88 Å². The van der Waals surface area contributed by atoms with Gasteiger partial charge in [-0.2, -0.15) is 0 Å². The van der Waals surface area contributed by atoms with Gasteiger partial charge in [0.1, 0.15) is 5.82 Å². The Labute approximate surface area is 103 Å². The van der Waals surface area contributed by atoms with Crippen molar-refractivity contribution in [2.45, 2.75) is 13.5 Å². The molecule has 2 rings (SSSR count).